The molecule has 0 atom stereocenters. The normalized spacial score (nSPS) is 12.1. The van der Waals surface area contributed by atoms with Gasteiger partial charge < -0.3 is 5.32 Å². The van der Waals surface area contributed by atoms with Gasteiger partial charge >= 0.3 is 6.18 Å². The lowest BCUT2D eigenvalue weighted by Gasteiger charge is -2.11. The van der Waals surface area contributed by atoms with Gasteiger partial charge in [0.2, 0.25) is 10.0 Å². The smallest absolute Gasteiger partial charge is 0.351 e. The van der Waals surface area contributed by atoms with Crippen LogP contribution >= 0.6 is 0 Å². The largest absolute Gasteiger partial charge is 0.417 e. The number of amides is 1. The van der Waals surface area contributed by atoms with Crippen molar-refractivity contribution in [2.24, 2.45) is 0 Å². The molecule has 33 heavy (non-hydrogen) atoms. The Morgan fingerprint density at radius 3 is 2.42 bits per heavy atom. The number of sulfonamides is 1. The fourth-order valence-corrected chi connectivity index (χ4v) is 4.43. The molecule has 0 saturated carbocycles. The third-order valence-corrected chi connectivity index (χ3v) is 6.49. The number of hydrogen-bond acceptors (Lipinski definition) is 5. The van der Waals surface area contributed by atoms with Crippen molar-refractivity contribution in [2.45, 2.75) is 31.8 Å². The molecular formula is C21H22F3N5O3S. The van der Waals surface area contributed by atoms with Crippen LogP contribution in [0, 0.1) is 20.8 Å². The molecule has 2 heterocycles. The number of carbonyl (C=O) groups excluding carboxylic acids is 1. The van der Waals surface area contributed by atoms with E-state index in [1.54, 1.807) is 32.9 Å². The van der Waals surface area contributed by atoms with Crippen molar-refractivity contribution in [3.8, 4) is 5.82 Å². The van der Waals surface area contributed by atoms with Crippen LogP contribution in [0.5, 0.6) is 0 Å². The topological polar surface area (TPSA) is 106 Å². The number of carbonyl (C=O) groups is 1. The summed E-state index contributed by atoms with van der Waals surface area (Å²) in [7, 11) is -3.74. The number of halogens is 3. The summed E-state index contributed by atoms with van der Waals surface area (Å²) in [4.78, 5) is 16.4. The number of aromatic nitrogens is 3. The molecule has 8 nitrogen and oxygen atoms in total. The molecule has 0 aliphatic carbocycles. The molecular weight excluding hydrogens is 459 g/mol. The molecule has 0 radical (unpaired) electrons. The zero-order valence-electron chi connectivity index (χ0n) is 18.1. The average molecular weight is 482 g/mol. The Hall–Kier alpha value is -3.25. The standard InChI is InChI=1S/C21H22F3N5O3S/c1-13-4-5-14(2)18(10-13)33(31,32)28-9-8-25-20(30)17-12-27-29(15(17)3)19-7-6-16(11-26-19)21(22,23)24/h4-7,10-12,28H,8-9H2,1-3H3,(H,25,30). The summed E-state index contributed by atoms with van der Waals surface area (Å²) < 4.78 is 66.8. The molecule has 1 aromatic carbocycles. The van der Waals surface area contributed by atoms with Crippen LogP contribution in [0.15, 0.2) is 47.6 Å². The molecule has 0 fully saturated rings. The Morgan fingerprint density at radius 2 is 1.79 bits per heavy atom. The highest BCUT2D eigenvalue weighted by atomic mass is 32.2. The lowest BCUT2D eigenvalue weighted by molar-refractivity contribution is -0.137. The Morgan fingerprint density at radius 1 is 1.06 bits per heavy atom. The van der Waals surface area contributed by atoms with Gasteiger partial charge in [-0.3, -0.25) is 4.79 Å². The van der Waals surface area contributed by atoms with E-state index in [0.29, 0.717) is 17.5 Å². The summed E-state index contributed by atoms with van der Waals surface area (Å²) in [6, 6.07) is 7.15. The molecule has 2 N–H and O–H groups in total. The van der Waals surface area contributed by atoms with Gasteiger partial charge in [0.1, 0.15) is 0 Å². The third kappa shape index (κ3) is 5.57. The zero-order chi connectivity index (χ0) is 24.4. The van der Waals surface area contributed by atoms with Crippen LogP contribution in [0.3, 0.4) is 0 Å². The van der Waals surface area contributed by atoms with E-state index >= 15 is 0 Å². The van der Waals surface area contributed by atoms with Gasteiger partial charge in [0, 0.05) is 19.3 Å². The summed E-state index contributed by atoms with van der Waals surface area (Å²) in [5, 5.41) is 6.62. The SMILES string of the molecule is Cc1ccc(C)c(S(=O)(=O)NCCNC(=O)c2cnn(-c3ccc(C(F)(F)F)cn3)c2C)c1. The van der Waals surface area contributed by atoms with Gasteiger partial charge in [0.25, 0.3) is 5.91 Å². The minimum Gasteiger partial charge on any atom is -0.351 e. The minimum absolute atomic E-state index is 0.0199. The maximum Gasteiger partial charge on any atom is 0.417 e. The van der Waals surface area contributed by atoms with E-state index in [2.05, 4.69) is 20.1 Å². The highest BCUT2D eigenvalue weighted by molar-refractivity contribution is 7.89. The highest BCUT2D eigenvalue weighted by Gasteiger charge is 2.30. The molecule has 0 saturated heterocycles. The number of alkyl halides is 3. The summed E-state index contributed by atoms with van der Waals surface area (Å²) in [5.41, 5.74) is 1.09. The average Bonchev–Trinajstić information content (AvgIpc) is 3.13. The molecule has 12 heteroatoms. The first-order valence-corrected chi connectivity index (χ1v) is 11.3. The molecule has 2 aromatic heterocycles. The van der Waals surface area contributed by atoms with Crippen LogP contribution in [0.1, 0.15) is 32.7 Å². The van der Waals surface area contributed by atoms with Gasteiger partial charge in [0.05, 0.1) is 27.9 Å². The summed E-state index contributed by atoms with van der Waals surface area (Å²) in [6.07, 6.45) is -2.54. The zero-order valence-corrected chi connectivity index (χ0v) is 18.9. The summed E-state index contributed by atoms with van der Waals surface area (Å²) in [6.45, 7) is 5.05. The van der Waals surface area contributed by atoms with Gasteiger partial charge in [-0.2, -0.15) is 18.3 Å². The molecule has 176 valence electrons. The van der Waals surface area contributed by atoms with E-state index < -0.39 is 27.7 Å². The van der Waals surface area contributed by atoms with E-state index in [0.717, 1.165) is 17.7 Å². The predicted octanol–water partition coefficient (Wildman–Crippen LogP) is 2.92. The number of aryl methyl sites for hydroxylation is 2. The Kier molecular flexibility index (Phi) is 6.89. The molecule has 0 bridgehead atoms. The first-order chi connectivity index (χ1) is 15.4. The van der Waals surface area contributed by atoms with Crippen molar-refractivity contribution in [1.29, 1.82) is 0 Å². The second-order valence-electron chi connectivity index (χ2n) is 7.38. The Balaban J connectivity index is 1.62. The number of nitrogens with one attached hydrogen (secondary N) is 2. The Labute approximate surface area is 188 Å². The van der Waals surface area contributed by atoms with Crippen LogP contribution in [0.25, 0.3) is 5.82 Å². The lowest BCUT2D eigenvalue weighted by Crippen LogP contribution is -2.35. The monoisotopic (exact) mass is 481 g/mol. The van der Waals surface area contributed by atoms with E-state index in [1.807, 2.05) is 6.07 Å². The van der Waals surface area contributed by atoms with Crippen LogP contribution in [0.2, 0.25) is 0 Å². The van der Waals surface area contributed by atoms with Gasteiger partial charge in [-0.15, -0.1) is 0 Å². The van der Waals surface area contributed by atoms with Gasteiger partial charge in [0.15, 0.2) is 5.82 Å². The maximum absolute atomic E-state index is 12.7. The summed E-state index contributed by atoms with van der Waals surface area (Å²) >= 11 is 0. The molecule has 0 spiro atoms. The van der Waals surface area contributed by atoms with E-state index in [4.69, 9.17) is 0 Å². The molecule has 3 rings (SSSR count). The van der Waals surface area contributed by atoms with Crippen molar-refractivity contribution in [1.82, 2.24) is 24.8 Å². The van der Waals surface area contributed by atoms with Gasteiger partial charge in [-0.25, -0.2) is 22.8 Å². The van der Waals surface area contributed by atoms with E-state index in [9.17, 15) is 26.4 Å². The molecule has 3 aromatic rings. The second-order valence-corrected chi connectivity index (χ2v) is 9.12. The van der Waals surface area contributed by atoms with Gasteiger partial charge in [-0.05, 0) is 50.1 Å². The second kappa shape index (κ2) is 9.32. The van der Waals surface area contributed by atoms with E-state index in [-0.39, 0.29) is 29.4 Å². The number of pyridine rings is 1. The highest BCUT2D eigenvalue weighted by Crippen LogP contribution is 2.28. The number of benzene rings is 1. The number of hydrogen-bond donors (Lipinski definition) is 2. The van der Waals surface area contributed by atoms with Crippen LogP contribution in [-0.2, 0) is 16.2 Å². The number of rotatable bonds is 7. The fourth-order valence-electron chi connectivity index (χ4n) is 3.07. The predicted molar refractivity (Wildman–Crippen MR) is 115 cm³/mol. The van der Waals surface area contributed by atoms with Gasteiger partial charge in [-0.1, -0.05) is 12.1 Å². The van der Waals surface area contributed by atoms with Crippen molar-refractivity contribution >= 4 is 15.9 Å². The minimum atomic E-state index is -4.50. The maximum atomic E-state index is 12.7. The van der Waals surface area contributed by atoms with E-state index in [1.165, 1.54) is 10.9 Å². The lowest BCUT2D eigenvalue weighted by atomic mass is 10.2. The summed E-state index contributed by atoms with van der Waals surface area (Å²) in [5.74, 6) is -0.377. The van der Waals surface area contributed by atoms with Crippen molar-refractivity contribution in [3.05, 3.63) is 70.7 Å². The van der Waals surface area contributed by atoms with Crippen LogP contribution < -0.4 is 10.0 Å². The Bertz CT molecular complexity index is 1270. The first kappa shape index (κ1) is 24.4. The van der Waals surface area contributed by atoms with Crippen molar-refractivity contribution < 1.29 is 26.4 Å². The third-order valence-electron chi connectivity index (χ3n) is 4.88. The first-order valence-electron chi connectivity index (χ1n) is 9.83. The van der Waals surface area contributed by atoms with Crippen molar-refractivity contribution in [3.63, 3.8) is 0 Å². The molecule has 0 aliphatic heterocycles. The van der Waals surface area contributed by atoms with Crippen molar-refractivity contribution in [2.75, 3.05) is 13.1 Å². The van der Waals surface area contributed by atoms with Crippen LogP contribution in [0.4, 0.5) is 13.2 Å². The van der Waals surface area contributed by atoms with Crippen LogP contribution in [-0.4, -0.2) is 42.2 Å². The molecule has 0 aliphatic rings. The molecule has 1 amide bonds. The number of nitrogens with zero attached hydrogens (tertiary/aromatic N) is 3. The fraction of sp³-hybridized carbons (Fsp3) is 0.286. The quantitative estimate of drug-likeness (QED) is 0.505. The molecule has 0 unspecified atom stereocenters.